The molecule has 1 fully saturated rings. The number of rotatable bonds is 30. The summed E-state index contributed by atoms with van der Waals surface area (Å²) in [5, 5.41) is 1.10. The Morgan fingerprint density at radius 1 is 0.811 bits per heavy atom. The van der Waals surface area contributed by atoms with Gasteiger partial charge >= 0.3 is 11.9 Å². The van der Waals surface area contributed by atoms with E-state index in [-0.39, 0.29) is 48.6 Å². The SMILES string of the molecule is CCCCC(CC)COC.CCCCC(CC)COC(=O)/C(N)=C(\C=O)N(N)CCCOC(=O)CCCCCCCC/C(N)=C/N1C(C(C)C)C1(C)C. The van der Waals surface area contributed by atoms with E-state index >= 15 is 0 Å². The van der Waals surface area contributed by atoms with Crippen LogP contribution < -0.4 is 17.3 Å². The average Bonchev–Trinajstić information content (AvgIpc) is 3.68. The quantitative estimate of drug-likeness (QED) is 0.0124. The number of ether oxygens (including phenoxy) is 3. The molecule has 1 saturated heterocycles. The highest BCUT2D eigenvalue weighted by molar-refractivity contribution is 5.94. The van der Waals surface area contributed by atoms with Gasteiger partial charge in [0.15, 0.2) is 6.29 Å². The van der Waals surface area contributed by atoms with Gasteiger partial charge in [-0.1, -0.05) is 106 Å². The fourth-order valence-corrected chi connectivity index (χ4v) is 6.79. The number of hydrazine groups is 1. The standard InChI is InChI=1S/C33H61N5O5.C9H20O/c1-7-9-17-26(8-2)24-43-32(41)30(35)28(23-39)38(36)20-16-21-42-29(40)19-15-13-11-10-12-14-18-27(34)22-37-31(25(3)4)33(37,5)6;1-4-6-7-9(5-2)8-10-3/h22-23,25-26,31H,7-21,24,34-36H2,1-6H3;9H,4-8H2,1-3H3/b27-22-,30-28-;. The van der Waals surface area contributed by atoms with E-state index in [4.69, 9.17) is 31.5 Å². The molecular formula is C42H81N5O6. The molecule has 0 radical (unpaired) electrons. The van der Waals surface area contributed by atoms with Crippen LogP contribution in [-0.4, -0.2) is 73.2 Å². The van der Waals surface area contributed by atoms with Gasteiger partial charge in [0.1, 0.15) is 11.4 Å². The maximum Gasteiger partial charge on any atom is 0.356 e. The van der Waals surface area contributed by atoms with Crippen LogP contribution in [0.1, 0.15) is 165 Å². The number of nitrogens with zero attached hydrogens (tertiary/aromatic N) is 2. The lowest BCUT2D eigenvalue weighted by Gasteiger charge is -2.20. The fraction of sp³-hybridized carbons (Fsp3) is 0.833. The third-order valence-corrected chi connectivity index (χ3v) is 10.3. The highest BCUT2D eigenvalue weighted by atomic mass is 16.5. The van der Waals surface area contributed by atoms with Crippen molar-refractivity contribution in [2.75, 3.05) is 33.5 Å². The highest BCUT2D eigenvalue weighted by Gasteiger charge is 2.54. The molecule has 3 atom stereocenters. The number of allylic oxidation sites excluding steroid dienone is 2. The van der Waals surface area contributed by atoms with Crippen LogP contribution >= 0.6 is 0 Å². The molecule has 1 heterocycles. The van der Waals surface area contributed by atoms with Crippen molar-refractivity contribution in [1.29, 1.82) is 0 Å². The van der Waals surface area contributed by atoms with Crippen molar-refractivity contribution in [2.24, 2.45) is 35.1 Å². The van der Waals surface area contributed by atoms with Crippen LogP contribution in [0.15, 0.2) is 23.3 Å². The molecule has 1 aliphatic heterocycles. The molecule has 1 rings (SSSR count). The van der Waals surface area contributed by atoms with Gasteiger partial charge in [-0.25, -0.2) is 10.6 Å². The smallest absolute Gasteiger partial charge is 0.356 e. The second-order valence-corrected chi connectivity index (χ2v) is 15.6. The monoisotopic (exact) mass is 752 g/mol. The molecule has 11 nitrogen and oxygen atoms in total. The second kappa shape index (κ2) is 29.6. The maximum absolute atomic E-state index is 12.3. The molecule has 0 amide bonds. The predicted molar refractivity (Wildman–Crippen MR) is 217 cm³/mol. The van der Waals surface area contributed by atoms with Gasteiger partial charge in [0.2, 0.25) is 0 Å². The van der Waals surface area contributed by atoms with Crippen LogP contribution in [0, 0.1) is 17.8 Å². The topological polar surface area (TPSA) is 163 Å². The van der Waals surface area contributed by atoms with Crippen LogP contribution in [0.2, 0.25) is 0 Å². The van der Waals surface area contributed by atoms with E-state index in [0.29, 0.717) is 31.1 Å². The second-order valence-electron chi connectivity index (χ2n) is 15.6. The van der Waals surface area contributed by atoms with Crippen molar-refractivity contribution >= 4 is 18.2 Å². The van der Waals surface area contributed by atoms with Gasteiger partial charge in [-0.3, -0.25) is 9.59 Å². The Balaban J connectivity index is 0.00000234. The summed E-state index contributed by atoms with van der Waals surface area (Å²) in [7, 11) is 1.79. The van der Waals surface area contributed by atoms with Gasteiger partial charge < -0.3 is 35.6 Å². The number of esters is 2. The van der Waals surface area contributed by atoms with E-state index < -0.39 is 5.97 Å². The number of carbonyl (C=O) groups excluding carboxylic acids is 3. The Morgan fingerprint density at radius 2 is 1.36 bits per heavy atom. The first-order chi connectivity index (χ1) is 25.2. The van der Waals surface area contributed by atoms with E-state index in [1.807, 2.05) is 6.92 Å². The van der Waals surface area contributed by atoms with Crippen molar-refractivity contribution in [3.05, 3.63) is 23.3 Å². The molecule has 0 bridgehead atoms. The summed E-state index contributed by atoms with van der Waals surface area (Å²) in [6.45, 7) is 19.2. The van der Waals surface area contributed by atoms with Gasteiger partial charge in [0.25, 0.3) is 0 Å². The summed E-state index contributed by atoms with van der Waals surface area (Å²) >= 11 is 0. The Kier molecular flexibility index (Phi) is 28.0. The first kappa shape index (κ1) is 50.2. The third kappa shape index (κ3) is 21.6. The molecule has 6 N–H and O–H groups in total. The zero-order chi connectivity index (χ0) is 40.2. The number of hydrogen-bond acceptors (Lipinski definition) is 11. The molecule has 0 aromatic carbocycles. The van der Waals surface area contributed by atoms with Crippen molar-refractivity contribution in [3.63, 3.8) is 0 Å². The van der Waals surface area contributed by atoms with Gasteiger partial charge in [-0.05, 0) is 63.7 Å². The Bertz CT molecular complexity index is 1060. The summed E-state index contributed by atoms with van der Waals surface area (Å²) in [4.78, 5) is 38.4. The summed E-state index contributed by atoms with van der Waals surface area (Å²) in [6, 6.07) is 0.570. The largest absolute Gasteiger partial charge is 0.466 e. The van der Waals surface area contributed by atoms with E-state index in [2.05, 4.69) is 59.6 Å². The third-order valence-electron chi connectivity index (χ3n) is 10.3. The molecule has 0 aliphatic carbocycles. The lowest BCUT2D eigenvalue weighted by atomic mass is 10.0. The predicted octanol–water partition coefficient (Wildman–Crippen LogP) is 8.11. The Hall–Kier alpha value is -2.79. The van der Waals surface area contributed by atoms with Crippen LogP contribution in [-0.2, 0) is 28.6 Å². The zero-order valence-corrected chi connectivity index (χ0v) is 35.4. The minimum atomic E-state index is -0.754. The first-order valence-electron chi connectivity index (χ1n) is 20.8. The Morgan fingerprint density at radius 3 is 1.85 bits per heavy atom. The molecule has 11 heteroatoms. The number of methoxy groups -OCH3 is 1. The van der Waals surface area contributed by atoms with Crippen molar-refractivity contribution < 1.29 is 28.6 Å². The molecule has 0 aromatic heterocycles. The molecule has 3 unspecified atom stereocenters. The number of aldehydes is 1. The number of carbonyl (C=O) groups is 3. The van der Waals surface area contributed by atoms with E-state index in [9.17, 15) is 14.4 Å². The van der Waals surface area contributed by atoms with E-state index in [0.717, 1.165) is 93.9 Å². The summed E-state index contributed by atoms with van der Waals surface area (Å²) in [5.74, 6) is 6.62. The number of unbranched alkanes of at least 4 members (excludes halogenated alkanes) is 7. The van der Waals surface area contributed by atoms with Crippen molar-refractivity contribution in [2.45, 2.75) is 176 Å². The normalized spacial score (nSPS) is 16.6. The average molecular weight is 752 g/mol. The molecule has 310 valence electrons. The van der Waals surface area contributed by atoms with Crippen LogP contribution in [0.25, 0.3) is 0 Å². The van der Waals surface area contributed by atoms with Gasteiger partial charge in [0, 0.05) is 45.0 Å². The van der Waals surface area contributed by atoms with E-state index in [1.165, 1.54) is 25.7 Å². The first-order valence-corrected chi connectivity index (χ1v) is 20.8. The lowest BCUT2D eigenvalue weighted by molar-refractivity contribution is -0.144. The number of nitrogens with two attached hydrogens (primary N) is 3. The van der Waals surface area contributed by atoms with E-state index in [1.54, 1.807) is 7.11 Å². The van der Waals surface area contributed by atoms with Crippen molar-refractivity contribution in [3.8, 4) is 0 Å². The minimum absolute atomic E-state index is 0.138. The van der Waals surface area contributed by atoms with Crippen LogP contribution in [0.3, 0.4) is 0 Å². The maximum atomic E-state index is 12.3. The van der Waals surface area contributed by atoms with Gasteiger partial charge in [0.05, 0.1) is 24.8 Å². The summed E-state index contributed by atoms with van der Waals surface area (Å²) < 4.78 is 15.7. The zero-order valence-electron chi connectivity index (χ0n) is 35.4. The highest BCUT2D eigenvalue weighted by Crippen LogP contribution is 2.45. The fourth-order valence-electron chi connectivity index (χ4n) is 6.79. The molecule has 1 aliphatic rings. The van der Waals surface area contributed by atoms with Crippen molar-refractivity contribution in [1.82, 2.24) is 9.91 Å². The van der Waals surface area contributed by atoms with Gasteiger partial charge in [-0.15, -0.1) is 0 Å². The number of hydrogen-bond donors (Lipinski definition) is 3. The van der Waals surface area contributed by atoms with Gasteiger partial charge in [-0.2, -0.15) is 0 Å². The molecule has 0 aromatic rings. The molecule has 0 spiro atoms. The summed E-state index contributed by atoms with van der Waals surface area (Å²) in [5.41, 5.74) is 12.8. The molecule has 53 heavy (non-hydrogen) atoms. The minimum Gasteiger partial charge on any atom is -0.466 e. The van der Waals surface area contributed by atoms with Crippen LogP contribution in [0.5, 0.6) is 0 Å². The Labute approximate surface area is 324 Å². The molecule has 0 saturated carbocycles. The summed E-state index contributed by atoms with van der Waals surface area (Å²) in [6.07, 6.45) is 19.7. The lowest BCUT2D eigenvalue weighted by Crippen LogP contribution is -2.36. The molecular weight excluding hydrogens is 670 g/mol. The van der Waals surface area contributed by atoms with Crippen LogP contribution in [0.4, 0.5) is 0 Å².